The van der Waals surface area contributed by atoms with Crippen molar-refractivity contribution in [1.29, 1.82) is 0 Å². The summed E-state index contributed by atoms with van der Waals surface area (Å²) in [5.74, 6) is 0.654. The Morgan fingerprint density at radius 3 is 2.30 bits per heavy atom. The first-order valence-corrected chi connectivity index (χ1v) is 13.3. The number of amides is 2. The lowest BCUT2D eigenvalue weighted by Gasteiger charge is -2.32. The summed E-state index contributed by atoms with van der Waals surface area (Å²) < 4.78 is 5.84. The highest BCUT2D eigenvalue weighted by molar-refractivity contribution is 5.88. The summed E-state index contributed by atoms with van der Waals surface area (Å²) in [7, 11) is 0. The van der Waals surface area contributed by atoms with E-state index in [0.29, 0.717) is 39.0 Å². The van der Waals surface area contributed by atoms with Crippen molar-refractivity contribution in [1.82, 2.24) is 10.2 Å². The van der Waals surface area contributed by atoms with Crippen LogP contribution in [0.2, 0.25) is 0 Å². The average molecular weight is 501 g/mol. The van der Waals surface area contributed by atoms with Crippen molar-refractivity contribution in [3.63, 3.8) is 0 Å². The Kier molecular flexibility index (Phi) is 11.2. The molecule has 0 spiro atoms. The monoisotopic (exact) mass is 500 g/mol. The van der Waals surface area contributed by atoms with Crippen molar-refractivity contribution >= 4 is 11.8 Å². The molecule has 0 saturated carbocycles. The second-order valence-corrected chi connectivity index (χ2v) is 9.63. The maximum atomic E-state index is 13.6. The number of nitrogens with one attached hydrogen (secondary N) is 1. The van der Waals surface area contributed by atoms with Crippen LogP contribution in [0.15, 0.2) is 78.9 Å². The van der Waals surface area contributed by atoms with E-state index < -0.39 is 6.04 Å². The quantitative estimate of drug-likeness (QED) is 0.275. The standard InChI is InChI=1S/C32H40N2O3/c1-4-5-20-33-32(36)30(23-27-12-7-6-8-13-27)34(24-28-14-9-11-26(3)22-28)31(35)15-10-21-37-29-18-16-25(2)17-19-29/h6-9,11-14,16-19,22,30H,4-5,10,15,20-21,23-24H2,1-3H3,(H,33,36)/t30-/m1/s1. The van der Waals surface area contributed by atoms with Gasteiger partial charge in [0.15, 0.2) is 0 Å². The first-order valence-electron chi connectivity index (χ1n) is 13.3. The number of carbonyl (C=O) groups excluding carboxylic acids is 2. The Labute approximate surface area is 221 Å². The van der Waals surface area contributed by atoms with Crippen LogP contribution in [0.25, 0.3) is 0 Å². The second kappa shape index (κ2) is 14.8. The molecule has 37 heavy (non-hydrogen) atoms. The van der Waals surface area contributed by atoms with Crippen LogP contribution in [0.3, 0.4) is 0 Å². The number of ether oxygens (including phenoxy) is 1. The lowest BCUT2D eigenvalue weighted by molar-refractivity contribution is -0.141. The molecule has 1 N–H and O–H groups in total. The first-order chi connectivity index (χ1) is 18.0. The van der Waals surface area contributed by atoms with E-state index in [2.05, 4.69) is 18.3 Å². The van der Waals surface area contributed by atoms with E-state index in [-0.39, 0.29) is 11.8 Å². The number of carbonyl (C=O) groups is 2. The molecule has 0 bridgehead atoms. The van der Waals surface area contributed by atoms with Crippen LogP contribution in [-0.4, -0.2) is 35.9 Å². The Balaban J connectivity index is 1.77. The molecule has 0 fully saturated rings. The fourth-order valence-corrected chi connectivity index (χ4v) is 4.26. The van der Waals surface area contributed by atoms with Crippen LogP contribution in [0.1, 0.15) is 54.9 Å². The molecule has 3 aromatic rings. The molecule has 3 aromatic carbocycles. The fraction of sp³-hybridized carbons (Fsp3) is 0.375. The molecule has 1 atom stereocenters. The van der Waals surface area contributed by atoms with Crippen molar-refractivity contribution in [3.05, 3.63) is 101 Å². The van der Waals surface area contributed by atoms with Crippen molar-refractivity contribution in [3.8, 4) is 5.75 Å². The summed E-state index contributed by atoms with van der Waals surface area (Å²) in [5, 5.41) is 3.07. The van der Waals surface area contributed by atoms with Crippen molar-refractivity contribution in [2.24, 2.45) is 0 Å². The van der Waals surface area contributed by atoms with Crippen LogP contribution < -0.4 is 10.1 Å². The molecule has 5 nitrogen and oxygen atoms in total. The summed E-state index contributed by atoms with van der Waals surface area (Å²) in [5.41, 5.74) is 4.35. The Morgan fingerprint density at radius 2 is 1.59 bits per heavy atom. The van der Waals surface area contributed by atoms with E-state index in [1.54, 1.807) is 4.90 Å². The van der Waals surface area contributed by atoms with Gasteiger partial charge in [0.2, 0.25) is 11.8 Å². The van der Waals surface area contributed by atoms with E-state index in [1.807, 2.05) is 86.6 Å². The molecular formula is C32H40N2O3. The molecule has 196 valence electrons. The lowest BCUT2D eigenvalue weighted by Crippen LogP contribution is -2.50. The molecular weight excluding hydrogens is 460 g/mol. The van der Waals surface area contributed by atoms with Gasteiger partial charge >= 0.3 is 0 Å². The molecule has 3 rings (SSSR count). The third-order valence-corrected chi connectivity index (χ3v) is 6.36. The van der Waals surface area contributed by atoms with Crippen LogP contribution in [0, 0.1) is 13.8 Å². The van der Waals surface area contributed by atoms with Crippen molar-refractivity contribution in [2.45, 2.75) is 65.5 Å². The smallest absolute Gasteiger partial charge is 0.243 e. The number of hydrogen-bond acceptors (Lipinski definition) is 3. The topological polar surface area (TPSA) is 58.6 Å². The maximum absolute atomic E-state index is 13.6. The highest BCUT2D eigenvalue weighted by Crippen LogP contribution is 2.18. The van der Waals surface area contributed by atoms with Gasteiger partial charge in [-0.3, -0.25) is 9.59 Å². The molecule has 2 amide bonds. The molecule has 0 heterocycles. The third kappa shape index (κ3) is 9.41. The Bertz CT molecular complexity index is 1110. The maximum Gasteiger partial charge on any atom is 0.243 e. The van der Waals surface area contributed by atoms with Gasteiger partial charge in [-0.05, 0) is 49.9 Å². The van der Waals surface area contributed by atoms with Crippen molar-refractivity contribution in [2.75, 3.05) is 13.2 Å². The van der Waals surface area contributed by atoms with Gasteiger partial charge in [-0.1, -0.05) is 91.2 Å². The zero-order valence-corrected chi connectivity index (χ0v) is 22.4. The molecule has 0 aliphatic carbocycles. The molecule has 0 saturated heterocycles. The highest BCUT2D eigenvalue weighted by Gasteiger charge is 2.30. The van der Waals surface area contributed by atoms with E-state index in [0.717, 1.165) is 35.3 Å². The minimum absolute atomic E-state index is 0.0411. The van der Waals surface area contributed by atoms with Gasteiger partial charge in [-0.15, -0.1) is 0 Å². The van der Waals surface area contributed by atoms with E-state index in [4.69, 9.17) is 4.74 Å². The summed E-state index contributed by atoms with van der Waals surface area (Å²) in [6, 6.07) is 25.4. The summed E-state index contributed by atoms with van der Waals surface area (Å²) >= 11 is 0. The van der Waals surface area contributed by atoms with Crippen LogP contribution in [0.4, 0.5) is 0 Å². The van der Waals surface area contributed by atoms with Crippen molar-refractivity contribution < 1.29 is 14.3 Å². The summed E-state index contributed by atoms with van der Waals surface area (Å²) in [6.45, 7) is 7.61. The number of aryl methyl sites for hydroxylation is 2. The predicted octanol–water partition coefficient (Wildman–Crippen LogP) is 6.02. The number of nitrogens with zero attached hydrogens (tertiary/aromatic N) is 1. The number of rotatable bonds is 14. The zero-order valence-electron chi connectivity index (χ0n) is 22.4. The van der Waals surface area contributed by atoms with E-state index >= 15 is 0 Å². The van der Waals surface area contributed by atoms with Gasteiger partial charge in [0.1, 0.15) is 11.8 Å². The number of unbranched alkanes of at least 4 members (excludes halogenated alkanes) is 1. The highest BCUT2D eigenvalue weighted by atomic mass is 16.5. The Hall–Kier alpha value is -3.60. The predicted molar refractivity (Wildman–Crippen MR) is 149 cm³/mol. The molecule has 0 radical (unpaired) electrons. The zero-order chi connectivity index (χ0) is 26.5. The van der Waals surface area contributed by atoms with Gasteiger partial charge in [0, 0.05) is 25.9 Å². The van der Waals surface area contributed by atoms with E-state index in [9.17, 15) is 9.59 Å². The number of hydrogen-bond donors (Lipinski definition) is 1. The Morgan fingerprint density at radius 1 is 0.865 bits per heavy atom. The van der Waals surface area contributed by atoms with Crippen LogP contribution >= 0.6 is 0 Å². The number of benzene rings is 3. The van der Waals surface area contributed by atoms with Gasteiger partial charge in [0.05, 0.1) is 6.61 Å². The molecule has 5 heteroatoms. The van der Waals surface area contributed by atoms with E-state index in [1.165, 1.54) is 5.56 Å². The SMILES string of the molecule is CCCCNC(=O)[C@@H](Cc1ccccc1)N(Cc1cccc(C)c1)C(=O)CCCOc1ccc(C)cc1. The largest absolute Gasteiger partial charge is 0.494 e. The fourth-order valence-electron chi connectivity index (χ4n) is 4.26. The van der Waals surface area contributed by atoms with Gasteiger partial charge < -0.3 is 15.0 Å². The van der Waals surface area contributed by atoms with Gasteiger partial charge in [-0.2, -0.15) is 0 Å². The lowest BCUT2D eigenvalue weighted by atomic mass is 10.0. The molecule has 0 unspecified atom stereocenters. The normalized spacial score (nSPS) is 11.5. The minimum Gasteiger partial charge on any atom is -0.494 e. The van der Waals surface area contributed by atoms with Gasteiger partial charge in [-0.25, -0.2) is 0 Å². The summed E-state index contributed by atoms with van der Waals surface area (Å²) in [6.07, 6.45) is 3.26. The first kappa shape index (κ1) is 28.0. The van der Waals surface area contributed by atoms with Crippen LogP contribution in [0.5, 0.6) is 5.75 Å². The second-order valence-electron chi connectivity index (χ2n) is 9.63. The summed E-state index contributed by atoms with van der Waals surface area (Å²) in [4.78, 5) is 28.8. The minimum atomic E-state index is -0.592. The molecule has 0 aliphatic rings. The van der Waals surface area contributed by atoms with Crippen LogP contribution in [-0.2, 0) is 22.6 Å². The molecule has 0 aromatic heterocycles. The average Bonchev–Trinajstić information content (AvgIpc) is 2.90. The van der Waals surface area contributed by atoms with Gasteiger partial charge in [0.25, 0.3) is 0 Å². The third-order valence-electron chi connectivity index (χ3n) is 6.36. The molecule has 0 aliphatic heterocycles.